The average molecular weight is 677 g/mol. The van der Waals surface area contributed by atoms with Crippen LogP contribution in [-0.4, -0.2) is 54.0 Å². The van der Waals surface area contributed by atoms with Crippen LogP contribution in [0.1, 0.15) is 0 Å². The summed E-state index contributed by atoms with van der Waals surface area (Å²) < 4.78 is 59.4. The fourth-order valence-corrected chi connectivity index (χ4v) is 1.24. The van der Waals surface area contributed by atoms with E-state index in [1.807, 2.05) is 0 Å². The second-order valence-electron chi connectivity index (χ2n) is 5.39. The molecule has 36 heavy (non-hydrogen) atoms. The largest absolute Gasteiger partial charge is 1.00 e. The molecule has 8 N–H and O–H groups in total. The van der Waals surface area contributed by atoms with Crippen LogP contribution in [0, 0.1) is 0 Å². The van der Waals surface area contributed by atoms with Gasteiger partial charge in [-0.1, -0.05) is 0 Å². The zero-order valence-electron chi connectivity index (χ0n) is 17.8. The maximum Gasteiger partial charge on any atom is 1.00 e. The van der Waals surface area contributed by atoms with E-state index in [4.69, 9.17) is 22.9 Å². The number of nitrogen functional groups attached to an aromatic ring is 4. The van der Waals surface area contributed by atoms with Gasteiger partial charge in [0.1, 0.15) is 0 Å². The zero-order valence-corrected chi connectivity index (χ0v) is 21.2. The molecule has 0 amide bonds. The van der Waals surface area contributed by atoms with Crippen LogP contribution in [0.5, 0.6) is 0 Å². The molecule has 0 unspecified atom stereocenters. The van der Waals surface area contributed by atoms with Crippen molar-refractivity contribution in [1.29, 1.82) is 0 Å². The van der Waals surface area contributed by atoms with Crippen molar-refractivity contribution in [3.63, 3.8) is 0 Å². The Bertz CT molecular complexity index is 909. The number of hydrogen-bond acceptors (Lipinski definition) is 12. The molecule has 202 valence electrons. The molecule has 0 aromatic carbocycles. The molecule has 0 bridgehead atoms. The fourth-order valence-electron chi connectivity index (χ4n) is 1.24. The van der Waals surface area contributed by atoms with Crippen molar-refractivity contribution in [2.75, 3.05) is 22.9 Å². The zero-order chi connectivity index (χ0) is 26.9. The van der Waals surface area contributed by atoms with Gasteiger partial charge in [0.05, 0.1) is 0 Å². The SMILES string of the molecule is F[As-](F)(F)(F)(F)F.Nc1ncccn1.Nc1ncccn1.Nc1ncccn1.Nc1ncccn1.[Ag+]. The Morgan fingerprint density at radius 2 is 0.500 bits per heavy atom. The number of hydrogen-bond donors (Lipinski definition) is 4. The molecule has 12 nitrogen and oxygen atoms in total. The third kappa shape index (κ3) is 32.6. The van der Waals surface area contributed by atoms with Gasteiger partial charge in [-0.15, -0.1) is 0 Å². The van der Waals surface area contributed by atoms with Crippen molar-refractivity contribution in [1.82, 2.24) is 39.9 Å². The van der Waals surface area contributed by atoms with Gasteiger partial charge in [-0.3, -0.25) is 0 Å². The third-order valence-corrected chi connectivity index (χ3v) is 2.34. The van der Waals surface area contributed by atoms with Crippen LogP contribution in [0.15, 0.2) is 73.8 Å². The van der Waals surface area contributed by atoms with Gasteiger partial charge in [-0.05, 0) is 24.3 Å². The molecule has 4 heterocycles. The summed E-state index contributed by atoms with van der Waals surface area (Å²) in [6, 6.07) is 6.87. The third-order valence-electron chi connectivity index (χ3n) is 2.34. The molecule has 4 rings (SSSR count). The van der Waals surface area contributed by atoms with Crippen LogP contribution in [0.4, 0.5) is 44.6 Å². The minimum atomic E-state index is -11.1. The Morgan fingerprint density at radius 3 is 0.556 bits per heavy atom. The maximum absolute atomic E-state index is 11.1. The van der Waals surface area contributed by atoms with Crippen molar-refractivity contribution in [3.8, 4) is 0 Å². The van der Waals surface area contributed by atoms with E-state index in [2.05, 4.69) is 39.9 Å². The van der Waals surface area contributed by atoms with Crippen molar-refractivity contribution in [3.05, 3.63) is 73.8 Å². The predicted molar refractivity (Wildman–Crippen MR) is 118 cm³/mol. The molecule has 4 aromatic rings. The van der Waals surface area contributed by atoms with E-state index in [0.29, 0.717) is 23.8 Å². The Morgan fingerprint density at radius 1 is 0.389 bits per heavy atom. The number of halogens is 6. The van der Waals surface area contributed by atoms with Gasteiger partial charge in [0.15, 0.2) is 0 Å². The molecule has 0 saturated carbocycles. The average Bonchev–Trinajstić information content (AvgIpc) is 2.75. The summed E-state index contributed by atoms with van der Waals surface area (Å²) >= 11 is -11.1. The van der Waals surface area contributed by atoms with Gasteiger partial charge < -0.3 is 22.9 Å². The number of anilines is 4. The van der Waals surface area contributed by atoms with Crippen LogP contribution in [0.25, 0.3) is 0 Å². The summed E-state index contributed by atoms with van der Waals surface area (Å²) in [6.45, 7) is 0. The van der Waals surface area contributed by atoms with E-state index in [9.17, 15) is 20.8 Å². The maximum atomic E-state index is 9.91. The van der Waals surface area contributed by atoms with Crippen molar-refractivity contribution < 1.29 is 43.2 Å². The van der Waals surface area contributed by atoms with Crippen LogP contribution in [-0.2, 0) is 22.4 Å². The van der Waals surface area contributed by atoms with Gasteiger partial charge >= 0.3 is 57.4 Å². The molecule has 0 radical (unpaired) electrons. The Labute approximate surface area is 217 Å². The smallest absolute Gasteiger partial charge is 0.368 e. The first kappa shape index (κ1) is 34.6. The Hall–Kier alpha value is -3.60. The standard InChI is InChI=1S/4C4H5N3.Ag.AsF6/c4*5-4-6-2-1-3-7-4;;2-1(3,4,5,6)7/h4*1-3H,(H2,5,6,7);;/q;;;;+1;-1. The van der Waals surface area contributed by atoms with Gasteiger partial charge in [-0.2, -0.15) is 0 Å². The first-order chi connectivity index (χ1) is 16.0. The molecule has 20 heteroatoms. The molecule has 0 atom stereocenters. The first-order valence-electron chi connectivity index (χ1n) is 8.69. The van der Waals surface area contributed by atoms with Gasteiger partial charge in [-0.25, -0.2) is 39.9 Å². The van der Waals surface area contributed by atoms with Gasteiger partial charge in [0, 0.05) is 49.6 Å². The van der Waals surface area contributed by atoms with Crippen LogP contribution in [0.3, 0.4) is 0 Å². The van der Waals surface area contributed by atoms with E-state index in [-0.39, 0.29) is 22.4 Å². The molecule has 0 aliphatic carbocycles. The Kier molecular flexibility index (Phi) is 14.8. The summed E-state index contributed by atoms with van der Waals surface area (Å²) in [6.07, 6.45) is 12.8. The van der Waals surface area contributed by atoms with E-state index in [0.717, 1.165) is 0 Å². The molecule has 0 fully saturated rings. The number of rotatable bonds is 0. The number of aromatic nitrogens is 8. The number of nitrogens with two attached hydrogens (primary N) is 4. The topological polar surface area (TPSA) is 207 Å². The van der Waals surface area contributed by atoms with Gasteiger partial charge in [0.2, 0.25) is 23.8 Å². The second kappa shape index (κ2) is 15.4. The van der Waals surface area contributed by atoms with Crippen LogP contribution < -0.4 is 22.9 Å². The van der Waals surface area contributed by atoms with E-state index in [1.54, 1.807) is 73.8 Å². The quantitative estimate of drug-likeness (QED) is 0.156. The van der Waals surface area contributed by atoms with E-state index >= 15 is 0 Å². The van der Waals surface area contributed by atoms with E-state index < -0.39 is 14.2 Å². The summed E-state index contributed by atoms with van der Waals surface area (Å²) in [4.78, 5) is 29.2. The molecule has 0 saturated heterocycles. The molecule has 0 spiro atoms. The van der Waals surface area contributed by atoms with Gasteiger partial charge in [0.25, 0.3) is 0 Å². The second-order valence-corrected chi connectivity index (χ2v) is 9.41. The summed E-state index contributed by atoms with van der Waals surface area (Å²) in [5.74, 6) is 1.29. The normalized spacial score (nSPS) is 11.2. The Balaban J connectivity index is 0. The monoisotopic (exact) mass is 676 g/mol. The minimum absolute atomic E-state index is 0. The van der Waals surface area contributed by atoms with Crippen molar-refractivity contribution >= 4 is 38.0 Å². The van der Waals surface area contributed by atoms with Crippen molar-refractivity contribution in [2.45, 2.75) is 0 Å². The molecular formula is C16H20AgAsF6N12. The molecule has 4 aromatic heterocycles. The first-order valence-corrected chi connectivity index (χ1v) is 12.9. The minimum Gasteiger partial charge on any atom is -0.368 e. The summed E-state index contributed by atoms with van der Waals surface area (Å²) in [5, 5.41) is 0. The van der Waals surface area contributed by atoms with Crippen LogP contribution in [0.2, 0.25) is 0 Å². The van der Waals surface area contributed by atoms with E-state index in [1.165, 1.54) is 0 Å². The van der Waals surface area contributed by atoms with Crippen LogP contribution >= 0.6 is 0 Å². The molecule has 0 aliphatic heterocycles. The summed E-state index contributed by atoms with van der Waals surface area (Å²) in [7, 11) is 0. The fraction of sp³-hybridized carbons (Fsp3) is 0. The molecular weight excluding hydrogens is 657 g/mol. The molecule has 0 aliphatic rings. The number of nitrogens with zero attached hydrogens (tertiary/aromatic N) is 8. The summed E-state index contributed by atoms with van der Waals surface area (Å²) in [5.41, 5.74) is 20.5. The van der Waals surface area contributed by atoms with Crippen molar-refractivity contribution in [2.24, 2.45) is 0 Å². The predicted octanol–water partition coefficient (Wildman–Crippen LogP) is 2.37.